The van der Waals surface area contributed by atoms with Crippen molar-refractivity contribution < 1.29 is 13.9 Å². The van der Waals surface area contributed by atoms with E-state index in [-0.39, 0.29) is 30.1 Å². The van der Waals surface area contributed by atoms with Gasteiger partial charge < -0.3 is 15.8 Å². The van der Waals surface area contributed by atoms with Gasteiger partial charge in [-0.05, 0) is 24.1 Å². The fraction of sp³-hybridized carbons (Fsp3) is 0.278. The van der Waals surface area contributed by atoms with Crippen molar-refractivity contribution in [2.75, 3.05) is 6.54 Å². The monoisotopic (exact) mass is 352 g/mol. The zero-order valence-electron chi connectivity index (χ0n) is 13.4. The van der Waals surface area contributed by atoms with Crippen LogP contribution in [0.25, 0.3) is 0 Å². The maximum absolute atomic E-state index is 13.6. The first kappa shape index (κ1) is 19.9. The van der Waals surface area contributed by atoms with Gasteiger partial charge in [0.2, 0.25) is 0 Å². The second kappa shape index (κ2) is 9.90. The smallest absolute Gasteiger partial charge is 0.261 e. The standard InChI is InChI=1S/C18H21FN2O2.ClH/c1-2-16(23-17-11-7-6-10-14(17)19)18(22)21-12-15(20)13-8-4-3-5-9-13;/h3-11,15-16H,2,12,20H2,1H3,(H,21,22);1H. The molecule has 4 nitrogen and oxygen atoms in total. The molecule has 24 heavy (non-hydrogen) atoms. The van der Waals surface area contributed by atoms with E-state index in [0.717, 1.165) is 5.56 Å². The Labute approximate surface area is 147 Å². The molecule has 2 unspecified atom stereocenters. The molecule has 0 aromatic heterocycles. The Kier molecular flexibility index (Phi) is 8.22. The van der Waals surface area contributed by atoms with Crippen LogP contribution in [0.3, 0.4) is 0 Å². The summed E-state index contributed by atoms with van der Waals surface area (Å²) in [4.78, 5) is 12.2. The third-order valence-corrected chi connectivity index (χ3v) is 3.49. The van der Waals surface area contributed by atoms with Gasteiger partial charge in [0, 0.05) is 12.6 Å². The molecular weight excluding hydrogens is 331 g/mol. The molecule has 0 fully saturated rings. The Morgan fingerprint density at radius 3 is 2.42 bits per heavy atom. The third kappa shape index (κ3) is 5.51. The number of para-hydroxylation sites is 1. The van der Waals surface area contributed by atoms with E-state index in [1.807, 2.05) is 37.3 Å². The van der Waals surface area contributed by atoms with Gasteiger partial charge in [-0.1, -0.05) is 49.4 Å². The minimum Gasteiger partial charge on any atom is -0.478 e. The van der Waals surface area contributed by atoms with Crippen LogP contribution in [-0.4, -0.2) is 18.6 Å². The van der Waals surface area contributed by atoms with E-state index in [2.05, 4.69) is 5.32 Å². The Morgan fingerprint density at radius 1 is 1.17 bits per heavy atom. The molecule has 0 aliphatic rings. The summed E-state index contributed by atoms with van der Waals surface area (Å²) >= 11 is 0. The first-order valence-corrected chi connectivity index (χ1v) is 7.61. The van der Waals surface area contributed by atoms with Crippen LogP contribution in [0.2, 0.25) is 0 Å². The Hall–Kier alpha value is -2.11. The summed E-state index contributed by atoms with van der Waals surface area (Å²) in [5.41, 5.74) is 6.99. The molecule has 0 spiro atoms. The molecule has 1 amide bonds. The fourth-order valence-corrected chi connectivity index (χ4v) is 2.16. The van der Waals surface area contributed by atoms with Gasteiger partial charge in [-0.25, -0.2) is 4.39 Å². The van der Waals surface area contributed by atoms with Gasteiger partial charge in [-0.15, -0.1) is 12.4 Å². The van der Waals surface area contributed by atoms with Crippen molar-refractivity contribution in [1.82, 2.24) is 5.32 Å². The Balaban J connectivity index is 0.00000288. The lowest BCUT2D eigenvalue weighted by Gasteiger charge is -2.19. The first-order valence-electron chi connectivity index (χ1n) is 7.61. The lowest BCUT2D eigenvalue weighted by molar-refractivity contribution is -0.128. The van der Waals surface area contributed by atoms with Crippen LogP contribution < -0.4 is 15.8 Å². The summed E-state index contributed by atoms with van der Waals surface area (Å²) in [6.45, 7) is 2.10. The molecular formula is C18H22ClFN2O2. The van der Waals surface area contributed by atoms with Crippen molar-refractivity contribution in [2.24, 2.45) is 5.73 Å². The highest BCUT2D eigenvalue weighted by molar-refractivity contribution is 5.85. The molecule has 0 saturated heterocycles. The van der Waals surface area contributed by atoms with Gasteiger partial charge in [0.15, 0.2) is 17.7 Å². The third-order valence-electron chi connectivity index (χ3n) is 3.49. The van der Waals surface area contributed by atoms with Crippen molar-refractivity contribution in [1.29, 1.82) is 0 Å². The van der Waals surface area contributed by atoms with Gasteiger partial charge in [-0.3, -0.25) is 4.79 Å². The van der Waals surface area contributed by atoms with Crippen molar-refractivity contribution in [3.8, 4) is 5.75 Å². The molecule has 0 saturated carbocycles. The van der Waals surface area contributed by atoms with E-state index in [9.17, 15) is 9.18 Å². The van der Waals surface area contributed by atoms with Crippen LogP contribution >= 0.6 is 12.4 Å². The first-order chi connectivity index (χ1) is 11.1. The molecule has 3 N–H and O–H groups in total. The molecule has 0 radical (unpaired) electrons. The van der Waals surface area contributed by atoms with Crippen LogP contribution in [0.4, 0.5) is 4.39 Å². The van der Waals surface area contributed by atoms with Crippen molar-refractivity contribution in [2.45, 2.75) is 25.5 Å². The van der Waals surface area contributed by atoms with Gasteiger partial charge >= 0.3 is 0 Å². The average Bonchev–Trinajstić information content (AvgIpc) is 2.59. The van der Waals surface area contributed by atoms with Crippen molar-refractivity contribution in [3.05, 3.63) is 66.0 Å². The lowest BCUT2D eigenvalue weighted by atomic mass is 10.1. The number of nitrogens with two attached hydrogens (primary N) is 1. The number of rotatable bonds is 7. The number of hydrogen-bond acceptors (Lipinski definition) is 3. The molecule has 130 valence electrons. The predicted molar refractivity (Wildman–Crippen MR) is 94.7 cm³/mol. The largest absolute Gasteiger partial charge is 0.478 e. The number of halogens is 2. The number of ether oxygens (including phenoxy) is 1. The lowest BCUT2D eigenvalue weighted by Crippen LogP contribution is -2.41. The number of benzene rings is 2. The molecule has 0 aliphatic heterocycles. The highest BCUT2D eigenvalue weighted by atomic mass is 35.5. The maximum Gasteiger partial charge on any atom is 0.261 e. The molecule has 2 aromatic rings. The summed E-state index contributed by atoms with van der Waals surface area (Å²) in [6.07, 6.45) is -0.323. The minimum atomic E-state index is -0.755. The van der Waals surface area contributed by atoms with E-state index in [4.69, 9.17) is 10.5 Å². The van der Waals surface area contributed by atoms with Crippen LogP contribution in [0.5, 0.6) is 5.75 Å². The van der Waals surface area contributed by atoms with Gasteiger partial charge in [0.1, 0.15) is 0 Å². The predicted octanol–water partition coefficient (Wildman–Crippen LogP) is 3.22. The molecule has 2 aromatic carbocycles. The van der Waals surface area contributed by atoms with E-state index < -0.39 is 11.9 Å². The van der Waals surface area contributed by atoms with Crippen molar-refractivity contribution in [3.63, 3.8) is 0 Å². The highest BCUT2D eigenvalue weighted by Gasteiger charge is 2.20. The quantitative estimate of drug-likeness (QED) is 0.804. The van der Waals surface area contributed by atoms with Crippen LogP contribution in [0.1, 0.15) is 24.9 Å². The topological polar surface area (TPSA) is 64.3 Å². The summed E-state index contributed by atoms with van der Waals surface area (Å²) in [6, 6.07) is 15.2. The van der Waals surface area contributed by atoms with Gasteiger partial charge in [0.05, 0.1) is 0 Å². The normalized spacial score (nSPS) is 12.6. The second-order valence-electron chi connectivity index (χ2n) is 5.21. The van der Waals surface area contributed by atoms with E-state index in [1.165, 1.54) is 12.1 Å². The van der Waals surface area contributed by atoms with Gasteiger partial charge in [0.25, 0.3) is 5.91 Å². The van der Waals surface area contributed by atoms with Crippen LogP contribution in [0, 0.1) is 5.82 Å². The number of amides is 1. The molecule has 6 heteroatoms. The maximum atomic E-state index is 13.6. The molecule has 0 bridgehead atoms. The van der Waals surface area contributed by atoms with E-state index in [1.54, 1.807) is 12.1 Å². The molecule has 0 heterocycles. The minimum absolute atomic E-state index is 0. The highest BCUT2D eigenvalue weighted by Crippen LogP contribution is 2.18. The Morgan fingerprint density at radius 2 is 1.79 bits per heavy atom. The number of hydrogen-bond donors (Lipinski definition) is 2. The Bertz CT molecular complexity index is 640. The molecule has 2 atom stereocenters. The van der Waals surface area contributed by atoms with Crippen LogP contribution in [0.15, 0.2) is 54.6 Å². The zero-order valence-corrected chi connectivity index (χ0v) is 14.3. The van der Waals surface area contributed by atoms with Crippen LogP contribution in [-0.2, 0) is 4.79 Å². The molecule has 0 aliphatic carbocycles. The zero-order chi connectivity index (χ0) is 16.7. The molecule has 2 rings (SSSR count). The SMILES string of the molecule is CCC(Oc1ccccc1F)C(=O)NCC(N)c1ccccc1.Cl. The number of carbonyl (C=O) groups excluding carboxylic acids is 1. The van der Waals surface area contributed by atoms with E-state index >= 15 is 0 Å². The summed E-state index contributed by atoms with van der Waals surface area (Å²) < 4.78 is 19.1. The average molecular weight is 353 g/mol. The number of carbonyl (C=O) groups is 1. The van der Waals surface area contributed by atoms with E-state index in [0.29, 0.717) is 13.0 Å². The number of nitrogens with one attached hydrogen (secondary N) is 1. The summed E-state index contributed by atoms with van der Waals surface area (Å²) in [5, 5.41) is 2.76. The summed E-state index contributed by atoms with van der Waals surface area (Å²) in [7, 11) is 0. The summed E-state index contributed by atoms with van der Waals surface area (Å²) in [5.74, 6) is -0.719. The fourth-order valence-electron chi connectivity index (χ4n) is 2.16. The van der Waals surface area contributed by atoms with Crippen molar-refractivity contribution >= 4 is 18.3 Å². The second-order valence-corrected chi connectivity index (χ2v) is 5.21. The van der Waals surface area contributed by atoms with Gasteiger partial charge in [-0.2, -0.15) is 0 Å².